The molecule has 1 fully saturated rings. The summed E-state index contributed by atoms with van der Waals surface area (Å²) in [6.07, 6.45) is 1.30. The minimum atomic E-state index is 0.755. The van der Waals surface area contributed by atoms with Gasteiger partial charge >= 0.3 is 0 Å². The van der Waals surface area contributed by atoms with Crippen molar-refractivity contribution < 1.29 is 0 Å². The molecule has 1 aromatic rings. The number of hydrogen-bond donors (Lipinski definition) is 1. The van der Waals surface area contributed by atoms with Crippen LogP contribution < -0.4 is 5.32 Å². The summed E-state index contributed by atoms with van der Waals surface area (Å²) in [6, 6.07) is 6.62. The molecule has 0 radical (unpaired) electrons. The van der Waals surface area contributed by atoms with Crippen LogP contribution in [0.1, 0.15) is 17.9 Å². The van der Waals surface area contributed by atoms with Crippen molar-refractivity contribution in [3.8, 4) is 0 Å². The molecule has 3 heteroatoms. The van der Waals surface area contributed by atoms with Crippen LogP contribution in [-0.2, 0) is 0 Å². The summed E-state index contributed by atoms with van der Waals surface area (Å²) in [6.45, 7) is 3.58. The molecule has 2 aliphatic heterocycles. The largest absolute Gasteiger partial charge is 0.384 e. The number of rotatable bonds is 0. The fourth-order valence-corrected chi connectivity index (χ4v) is 3.45. The van der Waals surface area contributed by atoms with Gasteiger partial charge in [0.25, 0.3) is 0 Å². The van der Waals surface area contributed by atoms with E-state index in [1.807, 2.05) is 0 Å². The van der Waals surface area contributed by atoms with Crippen LogP contribution in [0.4, 0.5) is 5.69 Å². The highest BCUT2D eigenvalue weighted by atomic mass is 79.9. The topological polar surface area (TPSA) is 15.3 Å². The predicted octanol–water partition coefficient (Wildman–Crippen LogP) is 2.91. The second-order valence-electron chi connectivity index (χ2n) is 5.03. The summed E-state index contributed by atoms with van der Waals surface area (Å²) in [5.74, 6) is 1.53. The van der Waals surface area contributed by atoms with Gasteiger partial charge in [-0.3, -0.25) is 0 Å². The lowest BCUT2D eigenvalue weighted by Gasteiger charge is -2.41. The SMILES string of the molecule is CN1CCC2c3cc(Br)ccc3NCC2C1. The van der Waals surface area contributed by atoms with E-state index in [0.29, 0.717) is 0 Å². The Balaban J connectivity index is 1.96. The molecule has 0 amide bonds. The molecule has 0 saturated carbocycles. The third-order valence-electron chi connectivity index (χ3n) is 3.90. The average Bonchev–Trinajstić information content (AvgIpc) is 2.28. The molecule has 2 aliphatic rings. The van der Waals surface area contributed by atoms with Crippen molar-refractivity contribution in [3.63, 3.8) is 0 Å². The number of piperidine rings is 1. The Morgan fingerprint density at radius 2 is 2.31 bits per heavy atom. The number of nitrogens with one attached hydrogen (secondary N) is 1. The molecule has 0 aromatic heterocycles. The average molecular weight is 281 g/mol. The van der Waals surface area contributed by atoms with Crippen molar-refractivity contribution in [1.82, 2.24) is 4.90 Å². The molecule has 86 valence electrons. The third kappa shape index (κ3) is 1.76. The van der Waals surface area contributed by atoms with E-state index >= 15 is 0 Å². The van der Waals surface area contributed by atoms with E-state index in [-0.39, 0.29) is 0 Å². The van der Waals surface area contributed by atoms with Crippen molar-refractivity contribution >= 4 is 21.6 Å². The Morgan fingerprint density at radius 3 is 3.19 bits per heavy atom. The number of anilines is 1. The highest BCUT2D eigenvalue weighted by Crippen LogP contribution is 2.41. The lowest BCUT2D eigenvalue weighted by molar-refractivity contribution is 0.187. The molecule has 2 nitrogen and oxygen atoms in total. The fraction of sp³-hybridized carbons (Fsp3) is 0.538. The minimum Gasteiger partial charge on any atom is -0.384 e. The normalized spacial score (nSPS) is 29.1. The summed E-state index contributed by atoms with van der Waals surface area (Å²) >= 11 is 3.58. The molecule has 2 unspecified atom stereocenters. The standard InChI is InChI=1S/C13H17BrN2/c1-16-5-4-11-9(8-16)7-15-13-3-2-10(14)6-12(11)13/h2-3,6,9,11,15H,4-5,7-8H2,1H3. The zero-order valence-corrected chi connectivity index (χ0v) is 11.1. The molecule has 0 aliphatic carbocycles. The first-order chi connectivity index (χ1) is 7.74. The highest BCUT2D eigenvalue weighted by molar-refractivity contribution is 9.10. The Morgan fingerprint density at radius 1 is 1.44 bits per heavy atom. The number of nitrogens with zero attached hydrogens (tertiary/aromatic N) is 1. The Labute approximate surface area is 105 Å². The Bertz CT molecular complexity index is 405. The monoisotopic (exact) mass is 280 g/mol. The third-order valence-corrected chi connectivity index (χ3v) is 4.40. The minimum absolute atomic E-state index is 0.755. The zero-order chi connectivity index (χ0) is 11.1. The summed E-state index contributed by atoms with van der Waals surface area (Å²) in [5.41, 5.74) is 2.85. The molecule has 2 heterocycles. The van der Waals surface area contributed by atoms with Crippen molar-refractivity contribution in [2.75, 3.05) is 32.0 Å². The van der Waals surface area contributed by atoms with Gasteiger partial charge < -0.3 is 10.2 Å². The molecule has 1 aromatic carbocycles. The van der Waals surface area contributed by atoms with Crippen molar-refractivity contribution in [2.24, 2.45) is 5.92 Å². The van der Waals surface area contributed by atoms with Crippen LogP contribution in [0.5, 0.6) is 0 Å². The van der Waals surface area contributed by atoms with Crippen LogP contribution in [-0.4, -0.2) is 31.6 Å². The Kier molecular flexibility index (Phi) is 2.68. The van der Waals surface area contributed by atoms with Gasteiger partial charge in [0.2, 0.25) is 0 Å². The van der Waals surface area contributed by atoms with Crippen LogP contribution in [0.2, 0.25) is 0 Å². The first kappa shape index (κ1) is 10.6. The van der Waals surface area contributed by atoms with Crippen LogP contribution in [0, 0.1) is 5.92 Å². The van der Waals surface area contributed by atoms with Crippen LogP contribution in [0.25, 0.3) is 0 Å². The van der Waals surface area contributed by atoms with Gasteiger partial charge in [-0.05, 0) is 55.6 Å². The Hall–Kier alpha value is -0.540. The molecule has 0 bridgehead atoms. The quantitative estimate of drug-likeness (QED) is 0.786. The zero-order valence-electron chi connectivity index (χ0n) is 9.54. The number of benzene rings is 1. The van der Waals surface area contributed by atoms with E-state index in [1.165, 1.54) is 35.2 Å². The van der Waals surface area contributed by atoms with Gasteiger partial charge in [-0.1, -0.05) is 15.9 Å². The molecule has 16 heavy (non-hydrogen) atoms. The summed E-state index contributed by atoms with van der Waals surface area (Å²) in [4.78, 5) is 2.45. The first-order valence-corrected chi connectivity index (χ1v) is 6.75. The molecule has 1 saturated heterocycles. The van der Waals surface area contributed by atoms with E-state index in [9.17, 15) is 0 Å². The second-order valence-corrected chi connectivity index (χ2v) is 5.95. The van der Waals surface area contributed by atoms with Gasteiger partial charge in [0.1, 0.15) is 0 Å². The molecule has 1 N–H and O–H groups in total. The fourth-order valence-electron chi connectivity index (χ4n) is 3.07. The number of hydrogen-bond acceptors (Lipinski definition) is 2. The van der Waals surface area contributed by atoms with Gasteiger partial charge in [-0.25, -0.2) is 0 Å². The van der Waals surface area contributed by atoms with E-state index in [1.54, 1.807) is 0 Å². The van der Waals surface area contributed by atoms with Crippen LogP contribution >= 0.6 is 15.9 Å². The van der Waals surface area contributed by atoms with Gasteiger partial charge in [0, 0.05) is 23.2 Å². The molecule has 3 rings (SSSR count). The number of fused-ring (bicyclic) bond motifs is 3. The molecular formula is C13H17BrN2. The highest BCUT2D eigenvalue weighted by Gasteiger charge is 2.33. The first-order valence-electron chi connectivity index (χ1n) is 5.96. The predicted molar refractivity (Wildman–Crippen MR) is 71.0 cm³/mol. The van der Waals surface area contributed by atoms with Crippen LogP contribution in [0.15, 0.2) is 22.7 Å². The van der Waals surface area contributed by atoms with Gasteiger partial charge in [0.15, 0.2) is 0 Å². The maximum Gasteiger partial charge on any atom is 0.0376 e. The maximum absolute atomic E-state index is 3.58. The molecular weight excluding hydrogens is 264 g/mol. The van der Waals surface area contributed by atoms with Gasteiger partial charge in [-0.2, -0.15) is 0 Å². The van der Waals surface area contributed by atoms with Crippen molar-refractivity contribution in [3.05, 3.63) is 28.2 Å². The van der Waals surface area contributed by atoms with Crippen LogP contribution in [0.3, 0.4) is 0 Å². The van der Waals surface area contributed by atoms with E-state index < -0.39 is 0 Å². The molecule has 0 spiro atoms. The summed E-state index contributed by atoms with van der Waals surface area (Å²) in [5, 5.41) is 3.56. The summed E-state index contributed by atoms with van der Waals surface area (Å²) < 4.78 is 1.20. The van der Waals surface area contributed by atoms with E-state index in [0.717, 1.165) is 18.4 Å². The second kappa shape index (κ2) is 4.04. The van der Waals surface area contributed by atoms with Crippen molar-refractivity contribution in [1.29, 1.82) is 0 Å². The number of likely N-dealkylation sites (tertiary alicyclic amines) is 1. The lowest BCUT2D eigenvalue weighted by atomic mass is 9.77. The van der Waals surface area contributed by atoms with Gasteiger partial charge in [0.05, 0.1) is 0 Å². The lowest BCUT2D eigenvalue weighted by Crippen LogP contribution is -2.42. The van der Waals surface area contributed by atoms with Gasteiger partial charge in [-0.15, -0.1) is 0 Å². The smallest absolute Gasteiger partial charge is 0.0376 e. The summed E-state index contributed by atoms with van der Waals surface area (Å²) in [7, 11) is 2.23. The van der Waals surface area contributed by atoms with Crippen molar-refractivity contribution in [2.45, 2.75) is 12.3 Å². The molecule has 2 atom stereocenters. The van der Waals surface area contributed by atoms with E-state index in [2.05, 4.69) is 51.4 Å². The van der Waals surface area contributed by atoms with E-state index in [4.69, 9.17) is 0 Å². The maximum atomic E-state index is 3.58. The number of halogens is 1.